The topological polar surface area (TPSA) is 69.0 Å². The summed E-state index contributed by atoms with van der Waals surface area (Å²) in [6, 6.07) is 13.4. The number of aromatic nitrogens is 3. The van der Waals surface area contributed by atoms with Crippen molar-refractivity contribution in [3.8, 4) is 0 Å². The van der Waals surface area contributed by atoms with Crippen LogP contribution in [0.15, 0.2) is 65.0 Å². The number of anilines is 1. The molecule has 32 heavy (non-hydrogen) atoms. The molecule has 9 heteroatoms. The third-order valence-corrected chi connectivity index (χ3v) is 6.13. The van der Waals surface area contributed by atoms with Crippen LogP contribution in [-0.4, -0.2) is 27.3 Å². The Kier molecular flexibility index (Phi) is 6.81. The maximum atomic E-state index is 14.0. The zero-order valence-corrected chi connectivity index (χ0v) is 19.2. The molecule has 6 nitrogen and oxygen atoms in total. The minimum Gasteiger partial charge on any atom is -0.462 e. The second kappa shape index (κ2) is 9.75. The maximum absolute atomic E-state index is 14.0. The second-order valence-corrected chi connectivity index (χ2v) is 8.68. The average Bonchev–Trinajstić information content (AvgIpc) is 3.19. The first kappa shape index (κ1) is 22.4. The lowest BCUT2D eigenvalue weighted by Gasteiger charge is -2.28. The molecule has 1 aliphatic rings. The molecule has 1 aromatic heterocycles. The molecule has 3 aromatic rings. The molecule has 2 heterocycles. The number of nitrogens with one attached hydrogen (secondary N) is 1. The third-order valence-electron chi connectivity index (χ3n) is 4.99. The monoisotopic (exact) mass is 472 g/mol. The van der Waals surface area contributed by atoms with Crippen molar-refractivity contribution in [1.82, 2.24) is 14.8 Å². The molecule has 0 aliphatic carbocycles. The lowest BCUT2D eigenvalue weighted by Crippen LogP contribution is -2.29. The Labute approximate surface area is 194 Å². The minimum absolute atomic E-state index is 0.264. The maximum Gasteiger partial charge on any atom is 0.338 e. The molecule has 1 atom stereocenters. The Balaban J connectivity index is 1.68. The van der Waals surface area contributed by atoms with Gasteiger partial charge in [-0.15, -0.1) is 5.10 Å². The number of carbonyl (C=O) groups is 1. The predicted molar refractivity (Wildman–Crippen MR) is 123 cm³/mol. The van der Waals surface area contributed by atoms with Gasteiger partial charge in [0.05, 0.1) is 12.2 Å². The van der Waals surface area contributed by atoms with Crippen molar-refractivity contribution in [2.75, 3.05) is 11.9 Å². The first-order valence-corrected chi connectivity index (χ1v) is 11.6. The van der Waals surface area contributed by atoms with Gasteiger partial charge in [-0.1, -0.05) is 60.6 Å². The lowest BCUT2D eigenvalue weighted by molar-refractivity contribution is -0.139. The third kappa shape index (κ3) is 4.66. The Morgan fingerprint density at radius 2 is 2.00 bits per heavy atom. The number of esters is 1. The fourth-order valence-corrected chi connectivity index (χ4v) is 4.38. The molecule has 1 N–H and O–H groups in total. The van der Waals surface area contributed by atoms with Gasteiger partial charge in [-0.25, -0.2) is 13.9 Å². The summed E-state index contributed by atoms with van der Waals surface area (Å²) in [6.45, 7) is 4.09. The molecule has 0 saturated heterocycles. The van der Waals surface area contributed by atoms with Gasteiger partial charge in [-0.05, 0) is 42.7 Å². The highest BCUT2D eigenvalue weighted by atomic mass is 35.5. The van der Waals surface area contributed by atoms with Gasteiger partial charge in [0.15, 0.2) is 0 Å². The van der Waals surface area contributed by atoms with Crippen LogP contribution in [0.5, 0.6) is 0 Å². The summed E-state index contributed by atoms with van der Waals surface area (Å²) >= 11 is 7.41. The van der Waals surface area contributed by atoms with Crippen LogP contribution in [0.3, 0.4) is 0 Å². The van der Waals surface area contributed by atoms with Gasteiger partial charge < -0.3 is 10.1 Å². The molecule has 0 bridgehead atoms. The molecule has 2 aromatic carbocycles. The van der Waals surface area contributed by atoms with E-state index in [4.69, 9.17) is 16.3 Å². The summed E-state index contributed by atoms with van der Waals surface area (Å²) < 4.78 is 21.1. The normalized spacial score (nSPS) is 15.3. The summed E-state index contributed by atoms with van der Waals surface area (Å²) in [6.07, 6.45) is 0.725. The molecule has 4 rings (SSSR count). The lowest BCUT2D eigenvalue weighted by atomic mass is 9.96. The number of benzene rings is 2. The first-order valence-electron chi connectivity index (χ1n) is 10.2. The molecule has 0 amide bonds. The summed E-state index contributed by atoms with van der Waals surface area (Å²) in [7, 11) is 0. The van der Waals surface area contributed by atoms with Gasteiger partial charge in [0.2, 0.25) is 11.1 Å². The van der Waals surface area contributed by atoms with Gasteiger partial charge >= 0.3 is 5.97 Å². The second-order valence-electron chi connectivity index (χ2n) is 7.30. The highest BCUT2D eigenvalue weighted by molar-refractivity contribution is 7.98. The van der Waals surface area contributed by atoms with Gasteiger partial charge in [0.25, 0.3) is 0 Å². The van der Waals surface area contributed by atoms with E-state index < -0.39 is 12.0 Å². The zero-order valence-electron chi connectivity index (χ0n) is 17.6. The van der Waals surface area contributed by atoms with E-state index in [1.54, 1.807) is 35.0 Å². The van der Waals surface area contributed by atoms with Gasteiger partial charge in [-0.2, -0.15) is 4.98 Å². The Morgan fingerprint density at radius 3 is 2.72 bits per heavy atom. The minimum atomic E-state index is -0.525. The average molecular weight is 473 g/mol. The molecule has 1 unspecified atom stereocenters. The number of hydrogen-bond acceptors (Lipinski definition) is 6. The molecule has 0 fully saturated rings. The smallest absolute Gasteiger partial charge is 0.338 e. The van der Waals surface area contributed by atoms with E-state index in [2.05, 4.69) is 15.4 Å². The summed E-state index contributed by atoms with van der Waals surface area (Å²) in [5.41, 5.74) is 2.52. The summed E-state index contributed by atoms with van der Waals surface area (Å²) in [4.78, 5) is 17.5. The number of rotatable bonds is 7. The van der Waals surface area contributed by atoms with Gasteiger partial charge in [0.1, 0.15) is 11.9 Å². The van der Waals surface area contributed by atoms with Crippen LogP contribution in [0.4, 0.5) is 10.3 Å². The quantitative estimate of drug-likeness (QED) is 0.356. The molecule has 0 radical (unpaired) electrons. The molecule has 1 aliphatic heterocycles. The number of halogens is 2. The number of thioether (sulfide) groups is 1. The van der Waals surface area contributed by atoms with Crippen molar-refractivity contribution < 1.29 is 13.9 Å². The van der Waals surface area contributed by atoms with E-state index in [0.717, 1.165) is 12.0 Å². The van der Waals surface area contributed by atoms with Crippen LogP contribution in [-0.2, 0) is 15.3 Å². The van der Waals surface area contributed by atoms with Gasteiger partial charge in [0, 0.05) is 16.5 Å². The van der Waals surface area contributed by atoms with Crippen LogP contribution in [0.25, 0.3) is 0 Å². The number of fused-ring (bicyclic) bond motifs is 1. The van der Waals surface area contributed by atoms with E-state index >= 15 is 0 Å². The largest absolute Gasteiger partial charge is 0.462 e. The van der Waals surface area contributed by atoms with Crippen molar-refractivity contribution in [3.63, 3.8) is 0 Å². The summed E-state index contributed by atoms with van der Waals surface area (Å²) in [5.74, 6) is 0.225. The van der Waals surface area contributed by atoms with Gasteiger partial charge in [-0.3, -0.25) is 0 Å². The molecular formula is C23H22ClFN4O2S. The molecule has 0 spiro atoms. The number of allylic oxidation sites excluding steroid dienone is 1. The van der Waals surface area contributed by atoms with Crippen molar-refractivity contribution >= 4 is 35.3 Å². The number of ether oxygens (including phenoxy) is 1. The zero-order chi connectivity index (χ0) is 22.7. The molecular weight excluding hydrogens is 451 g/mol. The Bertz CT molecular complexity index is 1160. The Hall–Kier alpha value is -2.84. The number of hydrogen-bond donors (Lipinski definition) is 1. The van der Waals surface area contributed by atoms with Crippen LogP contribution in [0.1, 0.15) is 37.4 Å². The first-order chi connectivity index (χ1) is 15.5. The molecule has 0 saturated carbocycles. The predicted octanol–water partition coefficient (Wildman–Crippen LogP) is 5.61. The van der Waals surface area contributed by atoms with Crippen molar-refractivity contribution in [2.45, 2.75) is 37.2 Å². The van der Waals surface area contributed by atoms with Crippen LogP contribution in [0, 0.1) is 5.82 Å². The molecule has 166 valence electrons. The van der Waals surface area contributed by atoms with Crippen molar-refractivity contribution in [2.24, 2.45) is 0 Å². The van der Waals surface area contributed by atoms with E-state index in [-0.39, 0.29) is 5.82 Å². The van der Waals surface area contributed by atoms with E-state index in [9.17, 15) is 9.18 Å². The number of nitrogens with zero attached hydrogens (tertiary/aromatic N) is 3. The highest BCUT2D eigenvalue weighted by Crippen LogP contribution is 2.37. The van der Waals surface area contributed by atoms with Crippen LogP contribution >= 0.6 is 23.4 Å². The number of carbonyl (C=O) groups excluding carboxylic acids is 1. The van der Waals surface area contributed by atoms with Crippen LogP contribution in [0.2, 0.25) is 5.02 Å². The van der Waals surface area contributed by atoms with Crippen LogP contribution < -0.4 is 5.32 Å². The Morgan fingerprint density at radius 1 is 1.25 bits per heavy atom. The van der Waals surface area contributed by atoms with Crippen molar-refractivity contribution in [3.05, 3.63) is 81.8 Å². The SMILES string of the molecule is CCCOC(=O)C1=C(C)Nc2nc(SCc3ccccc3F)nn2C1c1ccc(Cl)cc1. The fraction of sp³-hybridized carbons (Fsp3) is 0.261. The highest BCUT2D eigenvalue weighted by Gasteiger charge is 2.35. The van der Waals surface area contributed by atoms with E-state index in [1.807, 2.05) is 26.0 Å². The standard InChI is InChI=1S/C23H22ClFN4O2S/c1-3-12-31-21(30)19-14(2)26-22-27-23(32-13-16-6-4-5-7-18(16)25)28-29(22)20(19)15-8-10-17(24)11-9-15/h4-11,20H,3,12-13H2,1-2H3,(H,26,27,28). The fourth-order valence-electron chi connectivity index (χ4n) is 3.44. The van der Waals surface area contributed by atoms with E-state index in [0.29, 0.717) is 45.3 Å². The van der Waals surface area contributed by atoms with Crippen molar-refractivity contribution in [1.29, 1.82) is 0 Å². The van der Waals surface area contributed by atoms with E-state index in [1.165, 1.54) is 17.8 Å². The summed E-state index contributed by atoms with van der Waals surface area (Å²) in [5, 5.41) is 8.87.